The lowest BCUT2D eigenvalue weighted by Crippen LogP contribution is -2.31. The van der Waals surface area contributed by atoms with E-state index in [1.165, 1.54) is 11.6 Å². The van der Waals surface area contributed by atoms with Gasteiger partial charge in [0.05, 0.1) is 6.04 Å². The van der Waals surface area contributed by atoms with Crippen molar-refractivity contribution < 1.29 is 19.1 Å². The Balaban J connectivity index is 1.55. The van der Waals surface area contributed by atoms with E-state index in [1.807, 2.05) is 25.1 Å². The van der Waals surface area contributed by atoms with Gasteiger partial charge in [0.2, 0.25) is 5.76 Å². The lowest BCUT2D eigenvalue weighted by atomic mass is 10.1. The SMILES string of the molecule is CC(NCC1Cc2ccccc2O1)c1ccc(C(=O)O)o1. The summed E-state index contributed by atoms with van der Waals surface area (Å²) in [6.45, 7) is 2.62. The highest BCUT2D eigenvalue weighted by atomic mass is 16.5. The van der Waals surface area contributed by atoms with Crippen molar-refractivity contribution in [3.63, 3.8) is 0 Å². The molecule has 0 amide bonds. The fraction of sp³-hybridized carbons (Fsp3) is 0.312. The van der Waals surface area contributed by atoms with Gasteiger partial charge in [-0.1, -0.05) is 18.2 Å². The molecule has 2 N–H and O–H groups in total. The van der Waals surface area contributed by atoms with Crippen molar-refractivity contribution in [2.75, 3.05) is 6.54 Å². The summed E-state index contributed by atoms with van der Waals surface area (Å²) in [5.41, 5.74) is 1.23. The summed E-state index contributed by atoms with van der Waals surface area (Å²) in [6.07, 6.45) is 0.979. The van der Waals surface area contributed by atoms with Crippen molar-refractivity contribution in [2.45, 2.75) is 25.5 Å². The summed E-state index contributed by atoms with van der Waals surface area (Å²) in [5.74, 6) is 0.470. The minimum atomic E-state index is -1.05. The molecule has 0 spiro atoms. The van der Waals surface area contributed by atoms with E-state index in [4.69, 9.17) is 14.3 Å². The number of furan rings is 1. The molecule has 2 unspecified atom stereocenters. The Morgan fingerprint density at radius 1 is 1.38 bits per heavy atom. The van der Waals surface area contributed by atoms with E-state index < -0.39 is 5.97 Å². The van der Waals surface area contributed by atoms with Gasteiger partial charge in [-0.25, -0.2) is 4.79 Å². The number of para-hydroxylation sites is 1. The van der Waals surface area contributed by atoms with Crippen LogP contribution in [0.25, 0.3) is 0 Å². The first-order valence-corrected chi connectivity index (χ1v) is 6.94. The molecule has 0 saturated heterocycles. The molecular formula is C16H17NO4. The molecule has 2 atom stereocenters. The first kappa shape index (κ1) is 13.7. The van der Waals surface area contributed by atoms with Gasteiger partial charge < -0.3 is 19.6 Å². The van der Waals surface area contributed by atoms with E-state index in [0.717, 1.165) is 12.2 Å². The smallest absolute Gasteiger partial charge is 0.371 e. The van der Waals surface area contributed by atoms with Crippen LogP contribution in [0.2, 0.25) is 0 Å². The number of carboxylic acids is 1. The standard InChI is InChI=1S/C16H17NO4/c1-10(13-6-7-15(21-13)16(18)19)17-9-12-8-11-4-2-3-5-14(11)20-12/h2-7,10,12,17H,8-9H2,1H3,(H,18,19). The maximum Gasteiger partial charge on any atom is 0.371 e. The Bertz CT molecular complexity index is 624. The normalized spacial score (nSPS) is 18.0. The Morgan fingerprint density at radius 2 is 2.19 bits per heavy atom. The highest BCUT2D eigenvalue weighted by molar-refractivity contribution is 5.84. The molecule has 1 aromatic carbocycles. The second-order valence-electron chi connectivity index (χ2n) is 5.19. The van der Waals surface area contributed by atoms with Crippen LogP contribution < -0.4 is 10.1 Å². The van der Waals surface area contributed by atoms with Crippen LogP contribution in [-0.4, -0.2) is 23.7 Å². The van der Waals surface area contributed by atoms with Gasteiger partial charge in [-0.2, -0.15) is 0 Å². The minimum Gasteiger partial charge on any atom is -0.488 e. The van der Waals surface area contributed by atoms with E-state index in [2.05, 4.69) is 11.4 Å². The van der Waals surface area contributed by atoms with E-state index in [1.54, 1.807) is 6.07 Å². The number of rotatable bonds is 5. The molecule has 1 aromatic heterocycles. The molecule has 2 heterocycles. The zero-order valence-electron chi connectivity index (χ0n) is 11.7. The number of fused-ring (bicyclic) bond motifs is 1. The van der Waals surface area contributed by atoms with Crippen molar-refractivity contribution in [3.05, 3.63) is 53.5 Å². The molecule has 1 aliphatic heterocycles. The molecular weight excluding hydrogens is 270 g/mol. The third-order valence-electron chi connectivity index (χ3n) is 3.63. The summed E-state index contributed by atoms with van der Waals surface area (Å²) in [6, 6.07) is 11.1. The Labute approximate surface area is 122 Å². The Hall–Kier alpha value is -2.27. The lowest BCUT2D eigenvalue weighted by molar-refractivity contribution is 0.0659. The maximum absolute atomic E-state index is 10.8. The van der Waals surface area contributed by atoms with Crippen LogP contribution in [0, 0.1) is 0 Å². The van der Waals surface area contributed by atoms with Gasteiger partial charge in [0, 0.05) is 13.0 Å². The quantitative estimate of drug-likeness (QED) is 0.884. The molecule has 0 radical (unpaired) electrons. The summed E-state index contributed by atoms with van der Waals surface area (Å²) in [7, 11) is 0. The molecule has 3 rings (SSSR count). The van der Waals surface area contributed by atoms with E-state index in [9.17, 15) is 4.79 Å². The molecule has 0 fully saturated rings. The Kier molecular flexibility index (Phi) is 3.66. The van der Waals surface area contributed by atoms with Crippen molar-refractivity contribution in [3.8, 4) is 5.75 Å². The number of hydrogen-bond acceptors (Lipinski definition) is 4. The van der Waals surface area contributed by atoms with Crippen LogP contribution in [0.15, 0.2) is 40.8 Å². The Morgan fingerprint density at radius 3 is 2.90 bits per heavy atom. The minimum absolute atomic E-state index is 0.0387. The summed E-state index contributed by atoms with van der Waals surface area (Å²) < 4.78 is 11.1. The van der Waals surface area contributed by atoms with E-state index >= 15 is 0 Å². The van der Waals surface area contributed by atoms with Crippen molar-refractivity contribution in [1.29, 1.82) is 0 Å². The molecule has 5 nitrogen and oxygen atoms in total. The number of benzene rings is 1. The summed E-state index contributed by atoms with van der Waals surface area (Å²) >= 11 is 0. The molecule has 21 heavy (non-hydrogen) atoms. The number of ether oxygens (including phenoxy) is 1. The first-order valence-electron chi connectivity index (χ1n) is 6.94. The number of carbonyl (C=O) groups is 1. The maximum atomic E-state index is 10.8. The van der Waals surface area contributed by atoms with Crippen LogP contribution in [0.3, 0.4) is 0 Å². The first-order chi connectivity index (χ1) is 10.1. The van der Waals surface area contributed by atoms with Gasteiger partial charge in [0.1, 0.15) is 17.6 Å². The van der Waals surface area contributed by atoms with Gasteiger partial charge >= 0.3 is 5.97 Å². The topological polar surface area (TPSA) is 71.7 Å². The molecule has 0 aliphatic carbocycles. The van der Waals surface area contributed by atoms with Crippen molar-refractivity contribution in [1.82, 2.24) is 5.32 Å². The number of aromatic carboxylic acids is 1. The van der Waals surface area contributed by atoms with Crippen molar-refractivity contribution in [2.24, 2.45) is 0 Å². The molecule has 2 aromatic rings. The monoisotopic (exact) mass is 287 g/mol. The second-order valence-corrected chi connectivity index (χ2v) is 5.19. The molecule has 5 heteroatoms. The highest BCUT2D eigenvalue weighted by Crippen LogP contribution is 2.28. The number of carboxylic acid groups (broad SMARTS) is 1. The van der Waals surface area contributed by atoms with Gasteiger partial charge in [0.15, 0.2) is 0 Å². The van der Waals surface area contributed by atoms with E-state index in [0.29, 0.717) is 12.3 Å². The fourth-order valence-electron chi connectivity index (χ4n) is 2.48. The van der Waals surface area contributed by atoms with Crippen LogP contribution in [0.4, 0.5) is 0 Å². The molecule has 0 bridgehead atoms. The zero-order valence-corrected chi connectivity index (χ0v) is 11.7. The van der Waals surface area contributed by atoms with Crippen LogP contribution in [0.5, 0.6) is 5.75 Å². The van der Waals surface area contributed by atoms with Gasteiger partial charge in [-0.3, -0.25) is 0 Å². The molecule has 0 saturated carbocycles. The average molecular weight is 287 g/mol. The van der Waals surface area contributed by atoms with Crippen molar-refractivity contribution >= 4 is 5.97 Å². The lowest BCUT2D eigenvalue weighted by Gasteiger charge is -2.15. The summed E-state index contributed by atoms with van der Waals surface area (Å²) in [5, 5.41) is 12.2. The largest absolute Gasteiger partial charge is 0.488 e. The summed E-state index contributed by atoms with van der Waals surface area (Å²) in [4.78, 5) is 10.8. The van der Waals surface area contributed by atoms with Crippen LogP contribution >= 0.6 is 0 Å². The van der Waals surface area contributed by atoms with E-state index in [-0.39, 0.29) is 17.9 Å². The third-order valence-corrected chi connectivity index (χ3v) is 3.63. The fourth-order valence-corrected chi connectivity index (χ4v) is 2.48. The predicted octanol–water partition coefficient (Wildman–Crippen LogP) is 2.63. The zero-order chi connectivity index (χ0) is 14.8. The van der Waals surface area contributed by atoms with Crippen LogP contribution in [-0.2, 0) is 6.42 Å². The number of hydrogen-bond donors (Lipinski definition) is 2. The van der Waals surface area contributed by atoms with Crippen LogP contribution in [0.1, 0.15) is 34.8 Å². The molecule has 110 valence electrons. The second kappa shape index (κ2) is 5.61. The predicted molar refractivity (Wildman–Crippen MR) is 76.6 cm³/mol. The average Bonchev–Trinajstić information content (AvgIpc) is 3.11. The van der Waals surface area contributed by atoms with Gasteiger partial charge in [0.25, 0.3) is 0 Å². The number of nitrogens with one attached hydrogen (secondary N) is 1. The van der Waals surface area contributed by atoms with Gasteiger partial charge in [-0.05, 0) is 30.7 Å². The third kappa shape index (κ3) is 2.92. The van der Waals surface area contributed by atoms with Gasteiger partial charge in [-0.15, -0.1) is 0 Å². The molecule has 1 aliphatic rings. The highest BCUT2D eigenvalue weighted by Gasteiger charge is 2.23.